The van der Waals surface area contributed by atoms with Crippen molar-refractivity contribution in [3.8, 4) is 0 Å². The Labute approximate surface area is 241 Å². The number of esters is 1. The van der Waals surface area contributed by atoms with E-state index < -0.39 is 13.9 Å². The van der Waals surface area contributed by atoms with Gasteiger partial charge in [-0.25, -0.2) is 0 Å². The third-order valence-electron chi connectivity index (χ3n) is 12.1. The van der Waals surface area contributed by atoms with Gasteiger partial charge in [-0.15, -0.1) is 0 Å². The average molecular weight is 559 g/mol. The molecule has 0 bridgehead atoms. The maximum Gasteiger partial charge on any atom is 0.306 e. The predicted octanol–water partition coefficient (Wildman–Crippen LogP) is 6.45. The summed E-state index contributed by atoms with van der Waals surface area (Å²) in [5.74, 6) is 1.31. The van der Waals surface area contributed by atoms with Gasteiger partial charge in [0.25, 0.3) is 8.32 Å². The first-order valence-electron chi connectivity index (χ1n) is 15.5. The SMILES string of the molecule is CC(C)(C)[Si](O[C@H]1CC[C@@H]2[C@@H]3CC[C@]4(C=O)OC(=O)CC[C@]4(C)[C@@H]3CC[C@]12C)(c1ccccc1)c1ccccc1. The van der Waals surface area contributed by atoms with Crippen LogP contribution in [0.5, 0.6) is 0 Å². The molecule has 0 N–H and O–H groups in total. The molecule has 1 saturated heterocycles. The summed E-state index contributed by atoms with van der Waals surface area (Å²) in [5, 5.41) is 2.65. The summed E-state index contributed by atoms with van der Waals surface area (Å²) in [5.41, 5.74) is -1.12. The highest BCUT2D eigenvalue weighted by Crippen LogP contribution is 2.67. The number of hydrogen-bond acceptors (Lipinski definition) is 4. The molecule has 214 valence electrons. The van der Waals surface area contributed by atoms with Gasteiger partial charge in [0.05, 0.1) is 6.10 Å². The fourth-order valence-corrected chi connectivity index (χ4v) is 14.7. The normalized spacial score (nSPS) is 37.6. The Morgan fingerprint density at radius 3 is 2.05 bits per heavy atom. The highest BCUT2D eigenvalue weighted by molar-refractivity contribution is 6.99. The molecule has 40 heavy (non-hydrogen) atoms. The molecule has 2 aromatic rings. The molecule has 1 heterocycles. The van der Waals surface area contributed by atoms with Crippen LogP contribution >= 0.6 is 0 Å². The molecule has 0 aromatic heterocycles. The lowest BCUT2D eigenvalue weighted by Crippen LogP contribution is -2.69. The first-order valence-corrected chi connectivity index (χ1v) is 17.4. The van der Waals surface area contributed by atoms with Gasteiger partial charge in [-0.05, 0) is 83.5 Å². The van der Waals surface area contributed by atoms with Gasteiger partial charge in [0.2, 0.25) is 0 Å². The van der Waals surface area contributed by atoms with E-state index in [9.17, 15) is 9.59 Å². The van der Waals surface area contributed by atoms with Crippen LogP contribution in [-0.4, -0.2) is 32.3 Å². The molecule has 1 aliphatic heterocycles. The van der Waals surface area contributed by atoms with Crippen molar-refractivity contribution in [2.75, 3.05) is 0 Å². The van der Waals surface area contributed by atoms with Gasteiger partial charge in [0.1, 0.15) is 0 Å². The monoisotopic (exact) mass is 558 g/mol. The van der Waals surface area contributed by atoms with Gasteiger partial charge >= 0.3 is 5.97 Å². The minimum Gasteiger partial charge on any atom is -0.451 e. The van der Waals surface area contributed by atoms with E-state index in [0.717, 1.165) is 38.4 Å². The van der Waals surface area contributed by atoms with Crippen molar-refractivity contribution in [1.29, 1.82) is 0 Å². The topological polar surface area (TPSA) is 52.6 Å². The van der Waals surface area contributed by atoms with Gasteiger partial charge in [0, 0.05) is 11.8 Å². The molecule has 4 fully saturated rings. The third-order valence-corrected chi connectivity index (χ3v) is 17.1. The van der Waals surface area contributed by atoms with Gasteiger partial charge in [-0.1, -0.05) is 95.3 Å². The van der Waals surface area contributed by atoms with E-state index in [0.29, 0.717) is 30.6 Å². The standard InChI is InChI=1S/C35H46O4Si/c1-32(2,3)40(25-12-8-6-9-13-25,26-14-10-7-11-15-26)39-30-17-16-28-27-18-23-35(24-36)34(5,22-20-31(37)38-35)29(27)19-21-33(28,30)4/h6-15,24,27-30H,16-23H2,1-5H3/t27-,28+,29+,30-,33-,34+,35+/m0/s1. The first-order chi connectivity index (χ1) is 19.0. The summed E-state index contributed by atoms with van der Waals surface area (Å²) in [6.45, 7) is 11.9. The van der Waals surface area contributed by atoms with Crippen molar-refractivity contribution in [3.63, 3.8) is 0 Å². The maximum atomic E-state index is 12.5. The van der Waals surface area contributed by atoms with Gasteiger partial charge in [-0.2, -0.15) is 0 Å². The van der Waals surface area contributed by atoms with E-state index >= 15 is 0 Å². The van der Waals surface area contributed by atoms with E-state index in [-0.39, 0.29) is 27.9 Å². The van der Waals surface area contributed by atoms with Crippen LogP contribution in [0, 0.1) is 28.6 Å². The Morgan fingerprint density at radius 2 is 1.48 bits per heavy atom. The van der Waals surface area contributed by atoms with E-state index in [1.54, 1.807) is 0 Å². The lowest BCUT2D eigenvalue weighted by atomic mass is 9.45. The van der Waals surface area contributed by atoms with Crippen molar-refractivity contribution in [1.82, 2.24) is 0 Å². The van der Waals surface area contributed by atoms with Crippen LogP contribution < -0.4 is 10.4 Å². The summed E-state index contributed by atoms with van der Waals surface area (Å²) >= 11 is 0. The molecule has 4 aliphatic rings. The van der Waals surface area contributed by atoms with Crippen LogP contribution in [0.2, 0.25) is 5.04 Å². The third kappa shape index (κ3) is 3.86. The minimum absolute atomic E-state index is 0.0464. The molecule has 0 radical (unpaired) electrons. The summed E-state index contributed by atoms with van der Waals surface area (Å²) in [6, 6.07) is 22.0. The number of rotatable bonds is 5. The Kier molecular flexibility index (Phi) is 6.74. The van der Waals surface area contributed by atoms with Gasteiger partial charge < -0.3 is 9.16 Å². The second-order valence-electron chi connectivity index (χ2n) is 14.7. The van der Waals surface area contributed by atoms with Crippen molar-refractivity contribution < 1.29 is 18.8 Å². The molecule has 0 amide bonds. The van der Waals surface area contributed by atoms with Crippen LogP contribution in [0.1, 0.15) is 86.0 Å². The molecular weight excluding hydrogens is 512 g/mol. The quantitative estimate of drug-likeness (QED) is 0.240. The zero-order valence-electron chi connectivity index (χ0n) is 25.0. The summed E-state index contributed by atoms with van der Waals surface area (Å²) in [7, 11) is -2.65. The van der Waals surface area contributed by atoms with Gasteiger partial charge in [-0.3, -0.25) is 9.59 Å². The number of carbonyl (C=O) groups is 2. The fraction of sp³-hybridized carbons (Fsp3) is 0.600. The first kappa shape index (κ1) is 27.9. The number of hydrogen-bond donors (Lipinski definition) is 0. The number of carbonyl (C=O) groups excluding carboxylic acids is 2. The second-order valence-corrected chi connectivity index (χ2v) is 19.0. The van der Waals surface area contributed by atoms with E-state index in [1.165, 1.54) is 16.8 Å². The lowest BCUT2D eigenvalue weighted by molar-refractivity contribution is -0.224. The second kappa shape index (κ2) is 9.66. The molecule has 3 aliphatic carbocycles. The molecule has 7 atom stereocenters. The van der Waals surface area contributed by atoms with Crippen LogP contribution in [0.3, 0.4) is 0 Å². The van der Waals surface area contributed by atoms with Crippen molar-refractivity contribution in [2.45, 2.75) is 103 Å². The van der Waals surface area contributed by atoms with E-state index in [2.05, 4.69) is 95.3 Å². The maximum absolute atomic E-state index is 12.5. The minimum atomic E-state index is -2.65. The molecule has 0 spiro atoms. The Morgan fingerprint density at radius 1 is 0.850 bits per heavy atom. The molecule has 0 unspecified atom stereocenters. The summed E-state index contributed by atoms with van der Waals surface area (Å²) in [4.78, 5) is 24.8. The van der Waals surface area contributed by atoms with Crippen molar-refractivity contribution >= 4 is 30.9 Å². The zero-order chi connectivity index (χ0) is 28.4. The Balaban J connectivity index is 1.37. The molecule has 4 nitrogen and oxygen atoms in total. The Hall–Kier alpha value is -2.24. The summed E-state index contributed by atoms with van der Waals surface area (Å²) < 4.78 is 13.7. The largest absolute Gasteiger partial charge is 0.451 e. The highest BCUT2D eigenvalue weighted by atomic mass is 28.4. The number of benzene rings is 2. The van der Waals surface area contributed by atoms with Crippen LogP contribution in [0.25, 0.3) is 0 Å². The number of aldehydes is 1. The predicted molar refractivity (Wildman–Crippen MR) is 161 cm³/mol. The zero-order valence-corrected chi connectivity index (χ0v) is 26.0. The molecule has 3 saturated carbocycles. The smallest absolute Gasteiger partial charge is 0.306 e. The van der Waals surface area contributed by atoms with Crippen LogP contribution in [-0.2, 0) is 18.8 Å². The Bertz CT molecular complexity index is 1220. The van der Waals surface area contributed by atoms with Crippen LogP contribution in [0.15, 0.2) is 60.7 Å². The average Bonchev–Trinajstić information content (AvgIpc) is 3.28. The summed E-state index contributed by atoms with van der Waals surface area (Å²) in [6.07, 6.45) is 8.41. The van der Waals surface area contributed by atoms with Gasteiger partial charge in [0.15, 0.2) is 11.9 Å². The molecule has 2 aromatic carbocycles. The molecule has 6 rings (SSSR count). The fourth-order valence-electron chi connectivity index (χ4n) is 9.91. The van der Waals surface area contributed by atoms with Crippen LogP contribution in [0.4, 0.5) is 0 Å². The van der Waals surface area contributed by atoms with Crippen molar-refractivity contribution in [3.05, 3.63) is 60.7 Å². The molecule has 5 heteroatoms. The lowest BCUT2D eigenvalue weighted by Gasteiger charge is -2.62. The number of ether oxygens (including phenoxy) is 1. The van der Waals surface area contributed by atoms with E-state index in [4.69, 9.17) is 9.16 Å². The number of fused-ring (bicyclic) bond motifs is 5. The highest BCUT2D eigenvalue weighted by Gasteiger charge is 2.67. The van der Waals surface area contributed by atoms with E-state index in [1.807, 2.05) is 0 Å². The molecular formula is C35H46O4Si. The van der Waals surface area contributed by atoms with Crippen molar-refractivity contribution in [2.24, 2.45) is 28.6 Å².